The molecule has 6 rings (SSSR count). The van der Waals surface area contributed by atoms with E-state index in [1.807, 2.05) is 12.1 Å². The third-order valence-electron chi connectivity index (χ3n) is 5.74. The van der Waals surface area contributed by atoms with Gasteiger partial charge in [-0.15, -0.1) is 16.4 Å². The van der Waals surface area contributed by atoms with Gasteiger partial charge in [0.25, 0.3) is 6.43 Å². The number of thiophene rings is 1. The van der Waals surface area contributed by atoms with Gasteiger partial charge in [-0.2, -0.15) is 0 Å². The molecule has 0 spiro atoms. The number of aromatic nitrogens is 5. The van der Waals surface area contributed by atoms with E-state index in [1.165, 1.54) is 34.3 Å². The molecule has 0 unspecified atom stereocenters. The van der Waals surface area contributed by atoms with Gasteiger partial charge >= 0.3 is 0 Å². The summed E-state index contributed by atoms with van der Waals surface area (Å²) in [4.78, 5) is 13.8. The summed E-state index contributed by atoms with van der Waals surface area (Å²) in [7, 11) is 0. The fourth-order valence-electron chi connectivity index (χ4n) is 4.07. The van der Waals surface area contributed by atoms with Crippen LogP contribution in [-0.4, -0.2) is 24.6 Å². The summed E-state index contributed by atoms with van der Waals surface area (Å²) in [5.41, 5.74) is 2.86. The van der Waals surface area contributed by atoms with Crippen LogP contribution in [0.5, 0.6) is 5.75 Å². The van der Waals surface area contributed by atoms with Crippen molar-refractivity contribution in [2.24, 2.45) is 0 Å². The molecule has 4 heterocycles. The zero-order valence-corrected chi connectivity index (χ0v) is 19.4. The number of nitrogens with zero attached hydrogens (tertiary/aromatic N) is 5. The summed E-state index contributed by atoms with van der Waals surface area (Å²) >= 11 is 1.23. The van der Waals surface area contributed by atoms with E-state index in [0.29, 0.717) is 48.6 Å². The highest BCUT2D eigenvalue weighted by atomic mass is 32.1. The van der Waals surface area contributed by atoms with E-state index >= 15 is 0 Å². The molecule has 0 aliphatic rings. The number of aryl methyl sites for hydroxylation is 1. The second-order valence-corrected chi connectivity index (χ2v) is 9.09. The Hall–Kier alpha value is -4.12. The predicted octanol–water partition coefficient (Wildman–Crippen LogP) is 6.66. The first kappa shape index (κ1) is 22.4. The van der Waals surface area contributed by atoms with Crippen molar-refractivity contribution in [3.05, 3.63) is 83.3 Å². The lowest BCUT2D eigenvalue weighted by atomic mass is 10.1. The summed E-state index contributed by atoms with van der Waals surface area (Å²) in [6.07, 6.45) is -1.15. The van der Waals surface area contributed by atoms with E-state index in [9.17, 15) is 17.6 Å². The van der Waals surface area contributed by atoms with Crippen molar-refractivity contribution in [2.75, 3.05) is 0 Å². The van der Waals surface area contributed by atoms with E-state index in [4.69, 9.17) is 9.72 Å². The minimum atomic E-state index is -2.67. The summed E-state index contributed by atoms with van der Waals surface area (Å²) in [6, 6.07) is 11.7. The van der Waals surface area contributed by atoms with Crippen molar-refractivity contribution in [2.45, 2.75) is 20.0 Å². The molecule has 36 heavy (non-hydrogen) atoms. The van der Waals surface area contributed by atoms with Gasteiger partial charge in [-0.3, -0.25) is 0 Å². The topological polar surface area (TPSA) is 65.2 Å². The SMILES string of the molecule is Cc1cc(C(F)F)nc2sc3c(ncn4nc(-c5ccccc5COc5ccc(F)cc5F)nc34)c12. The molecule has 180 valence electrons. The summed E-state index contributed by atoms with van der Waals surface area (Å²) in [5.74, 6) is -1.17. The minimum absolute atomic E-state index is 0.00431. The van der Waals surface area contributed by atoms with Crippen LogP contribution in [0, 0.1) is 18.6 Å². The highest BCUT2D eigenvalue weighted by molar-refractivity contribution is 7.26. The maximum atomic E-state index is 14.0. The third-order valence-corrected chi connectivity index (χ3v) is 6.81. The van der Waals surface area contributed by atoms with Crippen LogP contribution in [0.25, 0.3) is 37.5 Å². The van der Waals surface area contributed by atoms with Crippen LogP contribution in [0.4, 0.5) is 17.6 Å². The Morgan fingerprint density at radius 1 is 1.06 bits per heavy atom. The Balaban J connectivity index is 1.43. The Kier molecular flexibility index (Phi) is 5.29. The first-order chi connectivity index (χ1) is 17.4. The number of hydrogen-bond donors (Lipinski definition) is 0. The van der Waals surface area contributed by atoms with Gasteiger partial charge in [0.2, 0.25) is 0 Å². The molecule has 11 heteroatoms. The number of pyridine rings is 1. The number of fused-ring (bicyclic) bond motifs is 5. The number of hydrogen-bond acceptors (Lipinski definition) is 6. The van der Waals surface area contributed by atoms with Gasteiger partial charge in [-0.25, -0.2) is 37.0 Å². The molecule has 6 nitrogen and oxygen atoms in total. The van der Waals surface area contributed by atoms with Crippen molar-refractivity contribution < 1.29 is 22.3 Å². The maximum Gasteiger partial charge on any atom is 0.280 e. The number of benzene rings is 2. The van der Waals surface area contributed by atoms with Gasteiger partial charge in [0.05, 0.1) is 5.52 Å². The van der Waals surface area contributed by atoms with Gasteiger partial charge in [0.1, 0.15) is 34.0 Å². The lowest BCUT2D eigenvalue weighted by Crippen LogP contribution is -2.00. The van der Waals surface area contributed by atoms with Crippen LogP contribution in [0.1, 0.15) is 23.2 Å². The van der Waals surface area contributed by atoms with Gasteiger partial charge in [0.15, 0.2) is 23.0 Å². The molecule has 0 aliphatic carbocycles. The number of ether oxygens (including phenoxy) is 1. The fraction of sp³-hybridized carbons (Fsp3) is 0.120. The van der Waals surface area contributed by atoms with E-state index in [-0.39, 0.29) is 18.1 Å². The molecule has 6 aromatic rings. The molecule has 4 aromatic heterocycles. The van der Waals surface area contributed by atoms with E-state index in [0.717, 1.165) is 12.1 Å². The predicted molar refractivity (Wildman–Crippen MR) is 127 cm³/mol. The lowest BCUT2D eigenvalue weighted by molar-refractivity contribution is 0.146. The van der Waals surface area contributed by atoms with Crippen LogP contribution in [-0.2, 0) is 6.61 Å². The smallest absolute Gasteiger partial charge is 0.280 e. The van der Waals surface area contributed by atoms with Crippen molar-refractivity contribution in [1.29, 1.82) is 0 Å². The molecule has 0 bridgehead atoms. The Morgan fingerprint density at radius 3 is 2.69 bits per heavy atom. The van der Waals surface area contributed by atoms with Crippen LogP contribution in [0.15, 0.2) is 54.9 Å². The Labute approximate surface area is 204 Å². The second-order valence-electron chi connectivity index (χ2n) is 8.09. The Bertz CT molecular complexity index is 1780. The molecule has 0 N–H and O–H groups in total. The van der Waals surface area contributed by atoms with Crippen molar-refractivity contribution in [3.63, 3.8) is 0 Å². The molecule has 0 fully saturated rings. The van der Waals surface area contributed by atoms with Gasteiger partial charge in [-0.05, 0) is 30.7 Å². The zero-order chi connectivity index (χ0) is 25.0. The van der Waals surface area contributed by atoms with Crippen LogP contribution >= 0.6 is 11.3 Å². The number of alkyl halides is 2. The van der Waals surface area contributed by atoms with E-state index in [1.54, 1.807) is 19.1 Å². The van der Waals surface area contributed by atoms with Crippen LogP contribution in [0.2, 0.25) is 0 Å². The van der Waals surface area contributed by atoms with E-state index in [2.05, 4.69) is 15.1 Å². The molecule has 2 aromatic carbocycles. The number of halogens is 4. The first-order valence-corrected chi connectivity index (χ1v) is 11.6. The maximum absolute atomic E-state index is 14.0. The molecular formula is C25H15F4N5OS. The highest BCUT2D eigenvalue weighted by Gasteiger charge is 2.20. The first-order valence-electron chi connectivity index (χ1n) is 10.8. The largest absolute Gasteiger partial charge is 0.486 e. The highest BCUT2D eigenvalue weighted by Crippen LogP contribution is 2.37. The molecule has 0 saturated carbocycles. The summed E-state index contributed by atoms with van der Waals surface area (Å²) in [6.45, 7) is 1.76. The standard InChI is InChI=1S/C25H15F4N5OS/c1-12-8-17(22(28)29)31-25-19(12)20-21(36-25)24-32-23(33-34(24)11-30-20)15-5-3-2-4-13(15)10-35-18-7-6-14(26)9-16(18)27/h2-9,11,22H,10H2,1H3. The van der Waals surface area contributed by atoms with Gasteiger partial charge < -0.3 is 4.74 Å². The lowest BCUT2D eigenvalue weighted by Gasteiger charge is -2.10. The van der Waals surface area contributed by atoms with Crippen molar-refractivity contribution >= 4 is 37.4 Å². The molecule has 0 amide bonds. The molecule has 0 radical (unpaired) electrons. The minimum Gasteiger partial charge on any atom is -0.486 e. The second kappa shape index (κ2) is 8.52. The summed E-state index contributed by atoms with van der Waals surface area (Å²) < 4.78 is 61.5. The average molecular weight is 509 g/mol. The van der Waals surface area contributed by atoms with Gasteiger partial charge in [0, 0.05) is 22.6 Å². The molecule has 0 atom stereocenters. The normalized spacial score (nSPS) is 11.8. The molecule has 0 saturated heterocycles. The van der Waals surface area contributed by atoms with Crippen molar-refractivity contribution in [3.8, 4) is 17.1 Å². The van der Waals surface area contributed by atoms with Gasteiger partial charge in [-0.1, -0.05) is 24.3 Å². The monoisotopic (exact) mass is 509 g/mol. The number of rotatable bonds is 5. The zero-order valence-electron chi connectivity index (χ0n) is 18.5. The molecular weight excluding hydrogens is 494 g/mol. The summed E-state index contributed by atoms with van der Waals surface area (Å²) in [5, 5.41) is 5.26. The van der Waals surface area contributed by atoms with Crippen molar-refractivity contribution in [1.82, 2.24) is 24.6 Å². The van der Waals surface area contributed by atoms with E-state index < -0.39 is 18.1 Å². The molecule has 0 aliphatic heterocycles. The average Bonchev–Trinajstić information content (AvgIpc) is 3.45. The quantitative estimate of drug-likeness (QED) is 0.243. The van der Waals surface area contributed by atoms with Crippen LogP contribution in [0.3, 0.4) is 0 Å². The Morgan fingerprint density at radius 2 is 1.89 bits per heavy atom. The fourth-order valence-corrected chi connectivity index (χ4v) is 5.26. The van der Waals surface area contributed by atoms with Crippen LogP contribution < -0.4 is 4.74 Å². The third kappa shape index (κ3) is 3.72.